The molecule has 1 N–H and O–H groups in total. The first-order chi connectivity index (χ1) is 9.56. The van der Waals surface area contributed by atoms with Gasteiger partial charge in [-0.2, -0.15) is 5.10 Å². The van der Waals surface area contributed by atoms with E-state index in [1.807, 2.05) is 17.1 Å². The van der Waals surface area contributed by atoms with Gasteiger partial charge in [-0.1, -0.05) is 13.8 Å². The number of nitrogens with one attached hydrogen (secondary N) is 1. The summed E-state index contributed by atoms with van der Waals surface area (Å²) in [6.07, 6.45) is 3.81. The fourth-order valence-electron chi connectivity index (χ4n) is 1.91. The van der Waals surface area contributed by atoms with Crippen molar-refractivity contribution in [3.63, 3.8) is 0 Å². The maximum atomic E-state index is 4.72. The van der Waals surface area contributed by atoms with Crippen LogP contribution in [0.1, 0.15) is 39.3 Å². The van der Waals surface area contributed by atoms with E-state index < -0.39 is 0 Å². The van der Waals surface area contributed by atoms with Crippen LogP contribution in [0, 0.1) is 3.57 Å². The Bertz CT molecular complexity index is 591. The molecule has 0 spiro atoms. The Hall–Kier alpha value is -1.18. The van der Waals surface area contributed by atoms with Crippen molar-refractivity contribution in [3.8, 4) is 11.4 Å². The molecule has 20 heavy (non-hydrogen) atoms. The lowest BCUT2D eigenvalue weighted by molar-refractivity contribution is 0.660. The first-order valence-corrected chi connectivity index (χ1v) is 7.98. The zero-order valence-electron chi connectivity index (χ0n) is 12.3. The lowest BCUT2D eigenvalue weighted by Gasteiger charge is -2.13. The van der Waals surface area contributed by atoms with Gasteiger partial charge in [0.1, 0.15) is 5.82 Å². The summed E-state index contributed by atoms with van der Waals surface area (Å²) >= 11 is 2.32. The molecule has 0 saturated carbocycles. The van der Waals surface area contributed by atoms with Crippen LogP contribution in [0.3, 0.4) is 0 Å². The van der Waals surface area contributed by atoms with Gasteiger partial charge in [-0.3, -0.25) is 4.68 Å². The summed E-state index contributed by atoms with van der Waals surface area (Å²) in [6, 6.07) is 0. The van der Waals surface area contributed by atoms with Gasteiger partial charge >= 0.3 is 0 Å². The number of halogens is 1. The minimum absolute atomic E-state index is 0.363. The molecule has 0 amide bonds. The van der Waals surface area contributed by atoms with Crippen LogP contribution in [0.15, 0.2) is 12.4 Å². The van der Waals surface area contributed by atoms with Gasteiger partial charge in [0.05, 0.1) is 21.0 Å². The van der Waals surface area contributed by atoms with Crippen molar-refractivity contribution in [2.75, 3.05) is 11.9 Å². The average molecular weight is 385 g/mol. The summed E-state index contributed by atoms with van der Waals surface area (Å²) in [7, 11) is 0. The quantitative estimate of drug-likeness (QED) is 0.801. The Morgan fingerprint density at radius 2 is 2.05 bits per heavy atom. The number of nitrogens with zero attached hydrogens (tertiary/aromatic N) is 4. The summed E-state index contributed by atoms with van der Waals surface area (Å²) in [5, 5.41) is 7.61. The zero-order valence-corrected chi connectivity index (χ0v) is 14.5. The Morgan fingerprint density at radius 3 is 2.60 bits per heavy atom. The largest absolute Gasteiger partial charge is 0.369 e. The lowest BCUT2D eigenvalue weighted by atomic mass is 10.1. The first kappa shape index (κ1) is 15.2. The molecular weight excluding hydrogens is 365 g/mol. The second-order valence-corrected chi connectivity index (χ2v) is 5.94. The second kappa shape index (κ2) is 6.51. The number of anilines is 1. The fourth-order valence-corrected chi connectivity index (χ4v) is 2.97. The number of hydrogen-bond donors (Lipinski definition) is 1. The Morgan fingerprint density at radius 1 is 1.30 bits per heavy atom. The number of hydrogen-bond acceptors (Lipinski definition) is 4. The molecule has 0 aromatic carbocycles. The van der Waals surface area contributed by atoms with Crippen molar-refractivity contribution < 1.29 is 0 Å². The fraction of sp³-hybridized carbons (Fsp3) is 0.500. The molecule has 6 heteroatoms. The van der Waals surface area contributed by atoms with Gasteiger partial charge in [-0.15, -0.1) is 0 Å². The van der Waals surface area contributed by atoms with E-state index in [1.165, 1.54) is 0 Å². The van der Waals surface area contributed by atoms with Gasteiger partial charge in [0, 0.05) is 19.3 Å². The molecule has 0 radical (unpaired) electrons. The monoisotopic (exact) mass is 385 g/mol. The summed E-state index contributed by atoms with van der Waals surface area (Å²) < 4.78 is 2.99. The summed E-state index contributed by atoms with van der Waals surface area (Å²) in [6.45, 7) is 10.1. The van der Waals surface area contributed by atoms with Crippen LogP contribution < -0.4 is 5.32 Å². The molecule has 0 unspecified atom stereocenters. The Labute approximate surface area is 133 Å². The molecular formula is C14H20IN5. The van der Waals surface area contributed by atoms with E-state index in [2.05, 4.69) is 65.7 Å². The van der Waals surface area contributed by atoms with Gasteiger partial charge in [-0.25, -0.2) is 9.97 Å². The highest BCUT2D eigenvalue weighted by molar-refractivity contribution is 14.1. The highest BCUT2D eigenvalue weighted by atomic mass is 127. The summed E-state index contributed by atoms with van der Waals surface area (Å²) in [5.41, 5.74) is 2.04. The summed E-state index contributed by atoms with van der Waals surface area (Å²) in [5.74, 6) is 2.01. The van der Waals surface area contributed by atoms with E-state index >= 15 is 0 Å². The molecule has 2 aromatic heterocycles. The Balaban J connectivity index is 2.52. The predicted molar refractivity (Wildman–Crippen MR) is 89.9 cm³/mol. The van der Waals surface area contributed by atoms with Crippen LogP contribution in [-0.2, 0) is 6.54 Å². The number of rotatable bonds is 5. The summed E-state index contributed by atoms with van der Waals surface area (Å²) in [4.78, 5) is 9.36. The van der Waals surface area contributed by atoms with Gasteiger partial charge in [0.25, 0.3) is 0 Å². The molecule has 2 rings (SSSR count). The van der Waals surface area contributed by atoms with Crippen LogP contribution in [0.2, 0.25) is 0 Å². The first-order valence-electron chi connectivity index (χ1n) is 6.90. The molecule has 2 heterocycles. The van der Waals surface area contributed by atoms with Gasteiger partial charge in [0.15, 0.2) is 5.82 Å². The van der Waals surface area contributed by atoms with E-state index in [1.54, 1.807) is 0 Å². The maximum Gasteiger partial charge on any atom is 0.165 e. The van der Waals surface area contributed by atoms with Crippen molar-refractivity contribution in [2.45, 2.75) is 40.2 Å². The zero-order chi connectivity index (χ0) is 14.7. The van der Waals surface area contributed by atoms with E-state index in [-0.39, 0.29) is 0 Å². The van der Waals surface area contributed by atoms with Crippen LogP contribution in [0.4, 0.5) is 5.82 Å². The molecule has 0 bridgehead atoms. The van der Waals surface area contributed by atoms with Crippen LogP contribution in [0.25, 0.3) is 11.4 Å². The molecule has 0 aliphatic carbocycles. The van der Waals surface area contributed by atoms with Crippen molar-refractivity contribution in [1.82, 2.24) is 19.7 Å². The van der Waals surface area contributed by atoms with Crippen molar-refractivity contribution in [1.29, 1.82) is 0 Å². The maximum absolute atomic E-state index is 4.72. The van der Waals surface area contributed by atoms with Gasteiger partial charge in [0.2, 0.25) is 0 Å². The molecule has 0 atom stereocenters. The third-order valence-electron chi connectivity index (χ3n) is 2.98. The van der Waals surface area contributed by atoms with Crippen molar-refractivity contribution >= 4 is 28.4 Å². The third kappa shape index (κ3) is 3.11. The normalized spacial score (nSPS) is 11.1. The number of aryl methyl sites for hydroxylation is 1. The molecule has 5 nitrogen and oxygen atoms in total. The smallest absolute Gasteiger partial charge is 0.165 e. The van der Waals surface area contributed by atoms with Crippen LogP contribution >= 0.6 is 22.6 Å². The molecule has 108 valence electrons. The standard InChI is InChI=1S/C14H20IN5/c1-5-16-14-11(15)12(9(3)4)18-13(19-14)10-7-17-20(6-2)8-10/h7-9H,5-6H2,1-4H3,(H,16,18,19). The molecule has 0 fully saturated rings. The highest BCUT2D eigenvalue weighted by Crippen LogP contribution is 2.28. The van der Waals surface area contributed by atoms with Gasteiger partial charge in [-0.05, 0) is 42.4 Å². The lowest BCUT2D eigenvalue weighted by Crippen LogP contribution is -2.08. The molecule has 0 aliphatic heterocycles. The average Bonchev–Trinajstić information content (AvgIpc) is 2.89. The number of aromatic nitrogens is 4. The van der Waals surface area contributed by atoms with Crippen LogP contribution in [0.5, 0.6) is 0 Å². The van der Waals surface area contributed by atoms with E-state index in [4.69, 9.17) is 4.98 Å². The SMILES string of the molecule is CCNc1nc(-c2cnn(CC)c2)nc(C(C)C)c1I. The van der Waals surface area contributed by atoms with Crippen LogP contribution in [-0.4, -0.2) is 26.3 Å². The second-order valence-electron chi connectivity index (χ2n) is 4.86. The topological polar surface area (TPSA) is 55.6 Å². The molecule has 0 aliphatic rings. The minimum atomic E-state index is 0.363. The van der Waals surface area contributed by atoms with E-state index in [0.29, 0.717) is 5.92 Å². The van der Waals surface area contributed by atoms with Crippen molar-refractivity contribution in [3.05, 3.63) is 21.7 Å². The predicted octanol–water partition coefficient (Wildman–Crippen LogP) is 3.52. The molecule has 0 saturated heterocycles. The van der Waals surface area contributed by atoms with Crippen molar-refractivity contribution in [2.24, 2.45) is 0 Å². The van der Waals surface area contributed by atoms with E-state index in [9.17, 15) is 0 Å². The minimum Gasteiger partial charge on any atom is -0.369 e. The van der Waals surface area contributed by atoms with E-state index in [0.717, 1.165) is 39.6 Å². The third-order valence-corrected chi connectivity index (χ3v) is 4.05. The Kier molecular flexibility index (Phi) is 4.95. The highest BCUT2D eigenvalue weighted by Gasteiger charge is 2.16. The molecule has 2 aromatic rings. The van der Waals surface area contributed by atoms with Gasteiger partial charge < -0.3 is 5.32 Å².